The number of nitrogens with zero attached hydrogens (tertiary/aromatic N) is 1. The van der Waals surface area contributed by atoms with Crippen molar-refractivity contribution in [1.29, 1.82) is 0 Å². The lowest BCUT2D eigenvalue weighted by Gasteiger charge is -2.22. The Kier molecular flexibility index (Phi) is 6.75. The van der Waals surface area contributed by atoms with E-state index in [4.69, 9.17) is 4.74 Å². The number of amides is 1. The molecule has 0 spiro atoms. The van der Waals surface area contributed by atoms with Crippen molar-refractivity contribution < 1.29 is 18.7 Å². The fourth-order valence-electron chi connectivity index (χ4n) is 2.82. The Bertz CT molecular complexity index is 808. The van der Waals surface area contributed by atoms with Crippen LogP contribution in [0.15, 0.2) is 24.3 Å². The third-order valence-corrected chi connectivity index (χ3v) is 5.19. The second kappa shape index (κ2) is 8.62. The Morgan fingerprint density at radius 2 is 2.00 bits per heavy atom. The summed E-state index contributed by atoms with van der Waals surface area (Å²) in [5.74, 6) is -1.20. The molecule has 1 aliphatic rings. The van der Waals surface area contributed by atoms with Gasteiger partial charge in [0.05, 0.1) is 12.2 Å². The number of hydrogen-bond acceptors (Lipinski definition) is 5. The molecule has 5 nitrogen and oxygen atoms in total. The molecule has 1 aliphatic heterocycles. The number of hydrogen-bond donors (Lipinski definition) is 1. The van der Waals surface area contributed by atoms with Gasteiger partial charge in [0.15, 0.2) is 0 Å². The maximum atomic E-state index is 13.0. The van der Waals surface area contributed by atoms with Gasteiger partial charge in [-0.1, -0.05) is 0 Å². The van der Waals surface area contributed by atoms with E-state index < -0.39 is 11.8 Å². The Labute approximate surface area is 161 Å². The standard InChI is InChI=1S/C18H19FN2O3S.ClH/c1-3-24-18(23)15-13-8-9-21(2)10-14(13)25-17(15)20-16(22)11-4-6-12(19)7-5-11;/h4-7H,3,8-10H2,1-2H3,(H,20,22);1H. The molecule has 0 saturated heterocycles. The highest BCUT2D eigenvalue weighted by molar-refractivity contribution is 7.17. The van der Waals surface area contributed by atoms with Crippen LogP contribution < -0.4 is 5.32 Å². The molecule has 26 heavy (non-hydrogen) atoms. The Morgan fingerprint density at radius 3 is 2.65 bits per heavy atom. The number of rotatable bonds is 4. The number of nitrogens with one attached hydrogen (secondary N) is 1. The minimum Gasteiger partial charge on any atom is -0.462 e. The van der Waals surface area contributed by atoms with Gasteiger partial charge in [-0.05, 0) is 50.2 Å². The number of fused-ring (bicyclic) bond motifs is 1. The zero-order valence-electron chi connectivity index (χ0n) is 14.5. The van der Waals surface area contributed by atoms with Crippen molar-refractivity contribution in [3.8, 4) is 0 Å². The molecular weight excluding hydrogens is 379 g/mol. The first kappa shape index (κ1) is 20.4. The largest absolute Gasteiger partial charge is 0.462 e. The molecule has 0 unspecified atom stereocenters. The molecule has 3 rings (SSSR count). The van der Waals surface area contributed by atoms with Gasteiger partial charge in [0.1, 0.15) is 10.8 Å². The van der Waals surface area contributed by atoms with E-state index in [1.165, 1.54) is 35.6 Å². The summed E-state index contributed by atoms with van der Waals surface area (Å²) in [6.45, 7) is 3.61. The van der Waals surface area contributed by atoms with Gasteiger partial charge in [0.25, 0.3) is 5.91 Å². The molecule has 0 fully saturated rings. The molecule has 0 bridgehead atoms. The van der Waals surface area contributed by atoms with Gasteiger partial charge in [-0.15, -0.1) is 23.7 Å². The number of benzene rings is 1. The maximum Gasteiger partial charge on any atom is 0.341 e. The molecule has 1 amide bonds. The van der Waals surface area contributed by atoms with Crippen molar-refractivity contribution >= 4 is 40.6 Å². The summed E-state index contributed by atoms with van der Waals surface area (Å²) < 4.78 is 18.2. The minimum atomic E-state index is -0.418. The first-order valence-electron chi connectivity index (χ1n) is 8.06. The predicted octanol–water partition coefficient (Wildman–Crippen LogP) is 3.73. The number of esters is 1. The van der Waals surface area contributed by atoms with E-state index in [1.807, 2.05) is 7.05 Å². The van der Waals surface area contributed by atoms with Gasteiger partial charge in [-0.2, -0.15) is 0 Å². The second-order valence-electron chi connectivity index (χ2n) is 5.88. The lowest BCUT2D eigenvalue weighted by molar-refractivity contribution is 0.0526. The quantitative estimate of drug-likeness (QED) is 0.797. The van der Waals surface area contributed by atoms with Crippen LogP contribution >= 0.6 is 23.7 Å². The number of halogens is 2. The fraction of sp³-hybridized carbons (Fsp3) is 0.333. The summed E-state index contributed by atoms with van der Waals surface area (Å²) in [5, 5.41) is 3.29. The molecule has 1 aromatic carbocycles. The Hall–Kier alpha value is -1.96. The van der Waals surface area contributed by atoms with Crippen LogP contribution in [-0.2, 0) is 17.7 Å². The molecule has 0 radical (unpaired) electrons. The number of likely N-dealkylation sites (N-methyl/N-ethyl adjacent to an activating group) is 1. The predicted molar refractivity (Wildman–Crippen MR) is 102 cm³/mol. The molecule has 140 valence electrons. The molecule has 0 aliphatic carbocycles. The van der Waals surface area contributed by atoms with Crippen LogP contribution in [0.25, 0.3) is 0 Å². The molecular formula is C18H20ClFN2O3S. The average molecular weight is 399 g/mol. The summed E-state index contributed by atoms with van der Waals surface area (Å²) in [6.07, 6.45) is 0.739. The van der Waals surface area contributed by atoms with Crippen molar-refractivity contribution in [2.45, 2.75) is 19.9 Å². The fourth-order valence-corrected chi connectivity index (χ4v) is 4.13. The van der Waals surface area contributed by atoms with Gasteiger partial charge >= 0.3 is 5.97 Å². The summed E-state index contributed by atoms with van der Waals surface area (Å²) >= 11 is 1.40. The first-order valence-corrected chi connectivity index (χ1v) is 8.88. The number of carbonyl (C=O) groups is 2. The van der Waals surface area contributed by atoms with Crippen LogP contribution in [0.1, 0.15) is 38.1 Å². The Balaban J connectivity index is 0.00000243. The van der Waals surface area contributed by atoms with Crippen LogP contribution in [0.5, 0.6) is 0 Å². The van der Waals surface area contributed by atoms with Crippen LogP contribution in [0.4, 0.5) is 9.39 Å². The van der Waals surface area contributed by atoms with Crippen molar-refractivity contribution in [1.82, 2.24) is 4.90 Å². The molecule has 8 heteroatoms. The number of thiophene rings is 1. The van der Waals surface area contributed by atoms with Crippen LogP contribution in [0.3, 0.4) is 0 Å². The second-order valence-corrected chi connectivity index (χ2v) is 6.98. The molecule has 2 heterocycles. The highest BCUT2D eigenvalue weighted by Crippen LogP contribution is 2.37. The smallest absolute Gasteiger partial charge is 0.341 e. The monoisotopic (exact) mass is 398 g/mol. The van der Waals surface area contributed by atoms with Gasteiger partial charge in [-0.25, -0.2) is 9.18 Å². The lowest BCUT2D eigenvalue weighted by Crippen LogP contribution is -2.26. The highest BCUT2D eigenvalue weighted by Gasteiger charge is 2.28. The van der Waals surface area contributed by atoms with E-state index in [0.29, 0.717) is 16.1 Å². The van der Waals surface area contributed by atoms with E-state index in [0.717, 1.165) is 30.0 Å². The van der Waals surface area contributed by atoms with Crippen LogP contribution in [0.2, 0.25) is 0 Å². The van der Waals surface area contributed by atoms with E-state index >= 15 is 0 Å². The van der Waals surface area contributed by atoms with E-state index in [2.05, 4.69) is 10.2 Å². The number of carbonyl (C=O) groups excluding carboxylic acids is 2. The van der Waals surface area contributed by atoms with Crippen molar-refractivity contribution in [2.24, 2.45) is 0 Å². The van der Waals surface area contributed by atoms with E-state index in [-0.39, 0.29) is 24.9 Å². The summed E-state index contributed by atoms with van der Waals surface area (Å²) in [7, 11) is 2.02. The number of ether oxygens (including phenoxy) is 1. The zero-order chi connectivity index (χ0) is 18.0. The average Bonchev–Trinajstić information content (AvgIpc) is 2.92. The summed E-state index contributed by atoms with van der Waals surface area (Å²) in [4.78, 5) is 28.1. The SMILES string of the molecule is CCOC(=O)c1c(NC(=O)c2ccc(F)cc2)sc2c1CCN(C)C2.Cl. The summed E-state index contributed by atoms with van der Waals surface area (Å²) in [6, 6.07) is 5.29. The third-order valence-electron chi connectivity index (χ3n) is 4.06. The van der Waals surface area contributed by atoms with Gasteiger partial charge in [0.2, 0.25) is 0 Å². The number of anilines is 1. The highest BCUT2D eigenvalue weighted by atomic mass is 35.5. The summed E-state index contributed by atoms with van der Waals surface area (Å²) in [5.41, 5.74) is 1.74. The van der Waals surface area contributed by atoms with E-state index in [9.17, 15) is 14.0 Å². The van der Waals surface area contributed by atoms with Gasteiger partial charge in [0, 0.05) is 23.5 Å². The Morgan fingerprint density at radius 1 is 1.31 bits per heavy atom. The normalized spacial score (nSPS) is 13.5. The van der Waals surface area contributed by atoms with Crippen LogP contribution in [-0.4, -0.2) is 37.0 Å². The van der Waals surface area contributed by atoms with Crippen molar-refractivity contribution in [3.63, 3.8) is 0 Å². The van der Waals surface area contributed by atoms with Crippen molar-refractivity contribution in [3.05, 3.63) is 51.7 Å². The molecule has 0 saturated carbocycles. The third kappa shape index (κ3) is 4.23. The topological polar surface area (TPSA) is 58.6 Å². The minimum absolute atomic E-state index is 0. The zero-order valence-corrected chi connectivity index (χ0v) is 16.1. The lowest BCUT2D eigenvalue weighted by atomic mass is 10.0. The first-order chi connectivity index (χ1) is 12.0. The van der Waals surface area contributed by atoms with E-state index in [1.54, 1.807) is 6.92 Å². The molecule has 1 aromatic heterocycles. The van der Waals surface area contributed by atoms with Crippen molar-refractivity contribution in [2.75, 3.05) is 25.5 Å². The van der Waals surface area contributed by atoms with Gasteiger partial charge < -0.3 is 15.0 Å². The molecule has 0 atom stereocenters. The van der Waals surface area contributed by atoms with Crippen LogP contribution in [0, 0.1) is 5.82 Å². The maximum absolute atomic E-state index is 13.0. The molecule has 1 N–H and O–H groups in total. The van der Waals surface area contributed by atoms with Gasteiger partial charge in [-0.3, -0.25) is 4.79 Å². The molecule has 2 aromatic rings.